The zero-order valence-electron chi connectivity index (χ0n) is 8.88. The molecule has 0 aromatic rings. The molecular formula is C9H17NaO2. The summed E-state index contributed by atoms with van der Waals surface area (Å²) in [5.41, 5.74) is 0. The first kappa shape index (κ1) is 12.5. The van der Waals surface area contributed by atoms with Gasteiger partial charge in [0.2, 0.25) is 0 Å². The molecule has 0 amide bonds. The molecule has 0 spiro atoms. The van der Waals surface area contributed by atoms with Gasteiger partial charge in [0, 0.05) is 6.42 Å². The zero-order valence-corrected chi connectivity index (χ0v) is 9.88. The fourth-order valence-electron chi connectivity index (χ4n) is 1.80. The molecule has 1 aliphatic rings. The molecule has 0 heterocycles. The summed E-state index contributed by atoms with van der Waals surface area (Å²) >= 11 is 0. The van der Waals surface area contributed by atoms with Gasteiger partial charge in [0.1, 0.15) is 0 Å². The topological polar surface area (TPSA) is 37.3 Å². The Bertz CT molecular complexity index is 136. The van der Waals surface area contributed by atoms with Crippen LogP contribution in [0.1, 0.15) is 46.4 Å². The second-order valence-electron chi connectivity index (χ2n) is 3.44. The van der Waals surface area contributed by atoms with Crippen LogP contribution >= 0.6 is 0 Å². The molecule has 1 aliphatic carbocycles. The van der Waals surface area contributed by atoms with Crippen molar-refractivity contribution in [3.8, 4) is 0 Å². The van der Waals surface area contributed by atoms with E-state index in [9.17, 15) is 4.79 Å². The molecule has 1 saturated carbocycles. The van der Waals surface area contributed by atoms with Crippen molar-refractivity contribution >= 4 is 5.97 Å². The molecule has 0 atom stereocenters. The minimum atomic E-state index is -0.643. The molecule has 0 bridgehead atoms. The molecule has 0 aromatic carbocycles. The molecule has 0 saturated heterocycles. The van der Waals surface area contributed by atoms with Crippen molar-refractivity contribution in [2.75, 3.05) is 0 Å². The van der Waals surface area contributed by atoms with E-state index < -0.39 is 5.97 Å². The number of carbonyl (C=O) groups is 1. The average Bonchev–Trinajstić information content (AvgIpc) is 2.03. The van der Waals surface area contributed by atoms with E-state index in [-0.39, 0.29) is 31.0 Å². The molecule has 0 aromatic heterocycles. The third-order valence-electron chi connectivity index (χ3n) is 2.49. The standard InChI is InChI=1S/C9H16O2.Na.H/c10-9(11)7-6-8-4-2-1-3-5-8;;/h8H,1-7H2,(H,10,11);;/q;+1;-1. The SMILES string of the molecule is O=C(O)CCC1CCCCC1.[H-].[Na+]. The smallest absolute Gasteiger partial charge is 1.00 e. The number of carboxylic acid groups (broad SMARTS) is 1. The van der Waals surface area contributed by atoms with Gasteiger partial charge >= 0.3 is 35.5 Å². The fraction of sp³-hybridized carbons (Fsp3) is 0.889. The minimum absolute atomic E-state index is 0. The van der Waals surface area contributed by atoms with Crippen LogP contribution in [-0.4, -0.2) is 11.1 Å². The summed E-state index contributed by atoms with van der Waals surface area (Å²) in [6.07, 6.45) is 7.75. The number of carboxylic acids is 1. The Labute approximate surface area is 97.5 Å². The van der Waals surface area contributed by atoms with Crippen LogP contribution in [0.3, 0.4) is 0 Å². The fourth-order valence-corrected chi connectivity index (χ4v) is 1.80. The summed E-state index contributed by atoms with van der Waals surface area (Å²) in [5, 5.41) is 8.44. The van der Waals surface area contributed by atoms with E-state index in [0.717, 1.165) is 6.42 Å². The summed E-state index contributed by atoms with van der Waals surface area (Å²) < 4.78 is 0. The number of hydrogen-bond donors (Lipinski definition) is 1. The Morgan fingerprint density at radius 3 is 2.42 bits per heavy atom. The maximum atomic E-state index is 10.2. The van der Waals surface area contributed by atoms with Gasteiger partial charge in [0.25, 0.3) is 0 Å². The van der Waals surface area contributed by atoms with E-state index in [0.29, 0.717) is 12.3 Å². The second-order valence-corrected chi connectivity index (χ2v) is 3.44. The molecule has 1 fully saturated rings. The van der Waals surface area contributed by atoms with Gasteiger partial charge in [-0.15, -0.1) is 0 Å². The van der Waals surface area contributed by atoms with Crippen LogP contribution < -0.4 is 29.6 Å². The van der Waals surface area contributed by atoms with E-state index in [2.05, 4.69) is 0 Å². The molecule has 0 aliphatic heterocycles. The summed E-state index contributed by atoms with van der Waals surface area (Å²) in [6.45, 7) is 0. The van der Waals surface area contributed by atoms with Crippen molar-refractivity contribution in [1.29, 1.82) is 0 Å². The third-order valence-corrected chi connectivity index (χ3v) is 2.49. The van der Waals surface area contributed by atoms with Gasteiger partial charge in [0.05, 0.1) is 0 Å². The third kappa shape index (κ3) is 5.18. The maximum Gasteiger partial charge on any atom is 1.00 e. The van der Waals surface area contributed by atoms with E-state index in [1.165, 1.54) is 32.1 Å². The van der Waals surface area contributed by atoms with Crippen molar-refractivity contribution in [3.63, 3.8) is 0 Å². The van der Waals surface area contributed by atoms with Gasteiger partial charge < -0.3 is 6.53 Å². The molecule has 12 heavy (non-hydrogen) atoms. The van der Waals surface area contributed by atoms with Crippen LogP contribution in [0.2, 0.25) is 0 Å². The van der Waals surface area contributed by atoms with Crippen molar-refractivity contribution in [1.82, 2.24) is 0 Å². The molecule has 1 N–H and O–H groups in total. The molecule has 2 nitrogen and oxygen atoms in total. The van der Waals surface area contributed by atoms with Gasteiger partial charge in [0.15, 0.2) is 0 Å². The quantitative estimate of drug-likeness (QED) is 0.597. The molecule has 1 rings (SSSR count). The Morgan fingerprint density at radius 2 is 1.92 bits per heavy atom. The first-order valence-electron chi connectivity index (χ1n) is 4.51. The molecule has 3 heteroatoms. The molecule has 0 unspecified atom stereocenters. The molecule has 0 radical (unpaired) electrons. The molecule has 66 valence electrons. The van der Waals surface area contributed by atoms with E-state index in [4.69, 9.17) is 5.11 Å². The van der Waals surface area contributed by atoms with E-state index >= 15 is 0 Å². The Balaban J connectivity index is 0. The Morgan fingerprint density at radius 1 is 1.33 bits per heavy atom. The monoisotopic (exact) mass is 180 g/mol. The van der Waals surface area contributed by atoms with Gasteiger partial charge in [-0.2, -0.15) is 0 Å². The maximum absolute atomic E-state index is 10.2. The Hall–Kier alpha value is 0.470. The number of hydrogen-bond acceptors (Lipinski definition) is 1. The van der Waals surface area contributed by atoms with E-state index in [1.807, 2.05) is 0 Å². The predicted molar refractivity (Wildman–Crippen MR) is 44.6 cm³/mol. The summed E-state index contributed by atoms with van der Waals surface area (Å²) in [5.74, 6) is 0.0652. The predicted octanol–water partition coefficient (Wildman–Crippen LogP) is -0.452. The largest absolute Gasteiger partial charge is 1.00 e. The van der Waals surface area contributed by atoms with Crippen LogP contribution in [0, 0.1) is 5.92 Å². The zero-order chi connectivity index (χ0) is 8.10. The van der Waals surface area contributed by atoms with Crippen molar-refractivity contribution in [2.24, 2.45) is 5.92 Å². The first-order chi connectivity index (χ1) is 5.29. The van der Waals surface area contributed by atoms with Gasteiger partial charge in [-0.1, -0.05) is 32.1 Å². The van der Waals surface area contributed by atoms with Gasteiger partial charge in [-0.05, 0) is 12.3 Å². The van der Waals surface area contributed by atoms with Gasteiger partial charge in [-0.3, -0.25) is 4.79 Å². The van der Waals surface area contributed by atoms with Gasteiger partial charge in [-0.25, -0.2) is 0 Å². The summed E-state index contributed by atoms with van der Waals surface area (Å²) in [4.78, 5) is 10.2. The average molecular weight is 180 g/mol. The second kappa shape index (κ2) is 6.93. The van der Waals surface area contributed by atoms with Crippen molar-refractivity contribution in [2.45, 2.75) is 44.9 Å². The Kier molecular flexibility index (Phi) is 7.20. The van der Waals surface area contributed by atoms with Crippen LogP contribution in [0.5, 0.6) is 0 Å². The van der Waals surface area contributed by atoms with E-state index in [1.54, 1.807) is 0 Å². The number of rotatable bonds is 3. The minimum Gasteiger partial charge on any atom is -1.00 e. The first-order valence-corrected chi connectivity index (χ1v) is 4.51. The van der Waals surface area contributed by atoms with Crippen molar-refractivity contribution < 1.29 is 40.9 Å². The summed E-state index contributed by atoms with van der Waals surface area (Å²) in [7, 11) is 0. The van der Waals surface area contributed by atoms with Crippen LogP contribution in [0.25, 0.3) is 0 Å². The van der Waals surface area contributed by atoms with Crippen LogP contribution in [0.4, 0.5) is 0 Å². The van der Waals surface area contributed by atoms with Crippen LogP contribution in [0.15, 0.2) is 0 Å². The number of aliphatic carboxylic acids is 1. The summed E-state index contributed by atoms with van der Waals surface area (Å²) in [6, 6.07) is 0. The van der Waals surface area contributed by atoms with Crippen LogP contribution in [-0.2, 0) is 4.79 Å². The normalized spacial score (nSPS) is 18.3. The molecular weight excluding hydrogens is 163 g/mol. The van der Waals surface area contributed by atoms with Crippen molar-refractivity contribution in [3.05, 3.63) is 0 Å².